The van der Waals surface area contributed by atoms with E-state index in [0.29, 0.717) is 48.5 Å². The van der Waals surface area contributed by atoms with E-state index in [1.165, 1.54) is 0 Å². The number of ether oxygens (including phenoxy) is 4. The van der Waals surface area contributed by atoms with Crippen LogP contribution in [0.3, 0.4) is 0 Å². The Labute approximate surface area is 256 Å². The molecule has 0 bridgehead atoms. The second-order valence-corrected chi connectivity index (χ2v) is 9.51. The maximum atomic E-state index is 14.6. The van der Waals surface area contributed by atoms with Crippen molar-refractivity contribution < 1.29 is 71.6 Å². The van der Waals surface area contributed by atoms with Gasteiger partial charge in [0, 0.05) is 23.5 Å². The highest BCUT2D eigenvalue weighted by molar-refractivity contribution is 5.55. The highest BCUT2D eigenvalue weighted by Gasteiger charge is 2.72. The van der Waals surface area contributed by atoms with Crippen LogP contribution in [0, 0.1) is 0 Å². The van der Waals surface area contributed by atoms with Gasteiger partial charge in [0.05, 0.1) is 0 Å². The standard InChI is InChI=1S/C29H18F12N2O4/c30-26(31,32)25(27(33,34)35,15-1-7-19(8-2-15)44-21-11-5-17(42)13-23(21)46-28(36,37)38)16-3-9-20(10-4-16)45-22-12-6-18(43)14-24(22)47-29(39,40)41/h1-14H,42-43H2. The molecule has 0 aliphatic heterocycles. The minimum absolute atomic E-state index is 0.174. The third kappa shape index (κ3) is 7.81. The van der Waals surface area contributed by atoms with E-state index in [0.717, 1.165) is 36.4 Å². The first-order chi connectivity index (χ1) is 21.6. The lowest BCUT2D eigenvalue weighted by molar-refractivity contribution is -0.288. The molecule has 0 amide bonds. The lowest BCUT2D eigenvalue weighted by atomic mass is 9.73. The highest BCUT2D eigenvalue weighted by atomic mass is 19.4. The first-order valence-electron chi connectivity index (χ1n) is 12.6. The summed E-state index contributed by atoms with van der Waals surface area (Å²) in [7, 11) is 0. The number of alkyl halides is 12. The Hall–Kier alpha value is -5.16. The van der Waals surface area contributed by atoms with Gasteiger partial charge in [-0.1, -0.05) is 24.3 Å². The fourth-order valence-electron chi connectivity index (χ4n) is 4.41. The van der Waals surface area contributed by atoms with Crippen molar-refractivity contribution in [1.82, 2.24) is 0 Å². The molecule has 4 aromatic rings. The van der Waals surface area contributed by atoms with Gasteiger partial charge in [0.2, 0.25) is 5.41 Å². The number of benzene rings is 4. The second-order valence-electron chi connectivity index (χ2n) is 9.51. The van der Waals surface area contributed by atoms with E-state index >= 15 is 0 Å². The van der Waals surface area contributed by atoms with Crippen LogP contribution in [0.2, 0.25) is 0 Å². The Morgan fingerprint density at radius 1 is 0.404 bits per heavy atom. The number of halogens is 12. The average Bonchev–Trinajstić information content (AvgIpc) is 2.90. The number of hydrogen-bond donors (Lipinski definition) is 2. The van der Waals surface area contributed by atoms with Crippen molar-refractivity contribution in [1.29, 1.82) is 0 Å². The van der Waals surface area contributed by atoms with Crippen molar-refractivity contribution in [3.8, 4) is 34.5 Å². The monoisotopic (exact) mass is 686 g/mol. The predicted molar refractivity (Wildman–Crippen MR) is 141 cm³/mol. The smallest absolute Gasteiger partial charge is 0.453 e. The molecule has 0 atom stereocenters. The summed E-state index contributed by atoms with van der Waals surface area (Å²) in [4.78, 5) is 0. The van der Waals surface area contributed by atoms with E-state index < -0.39 is 76.1 Å². The van der Waals surface area contributed by atoms with Gasteiger partial charge >= 0.3 is 25.1 Å². The SMILES string of the molecule is Nc1ccc(Oc2ccc(C(c3ccc(Oc4ccc(N)cc4OC(F)(F)F)cc3)(C(F)(F)F)C(F)(F)F)cc2)c(OC(F)(F)F)c1. The van der Waals surface area contributed by atoms with Crippen LogP contribution in [0.25, 0.3) is 0 Å². The van der Waals surface area contributed by atoms with Gasteiger partial charge in [-0.3, -0.25) is 0 Å². The van der Waals surface area contributed by atoms with E-state index in [-0.39, 0.29) is 11.4 Å². The predicted octanol–water partition coefficient (Wildman–Crippen LogP) is 9.64. The molecule has 0 spiro atoms. The van der Waals surface area contributed by atoms with E-state index in [1.54, 1.807) is 0 Å². The summed E-state index contributed by atoms with van der Waals surface area (Å²) >= 11 is 0. The minimum atomic E-state index is -6.04. The van der Waals surface area contributed by atoms with Gasteiger partial charge in [0.15, 0.2) is 23.0 Å². The van der Waals surface area contributed by atoms with Crippen LogP contribution in [0.1, 0.15) is 11.1 Å². The lowest BCUT2D eigenvalue weighted by Gasteiger charge is -2.38. The van der Waals surface area contributed by atoms with Gasteiger partial charge in [0.1, 0.15) is 11.5 Å². The van der Waals surface area contributed by atoms with E-state index in [1.807, 2.05) is 0 Å². The van der Waals surface area contributed by atoms with E-state index in [4.69, 9.17) is 20.9 Å². The fraction of sp³-hybridized carbons (Fsp3) is 0.172. The van der Waals surface area contributed by atoms with Crippen molar-refractivity contribution >= 4 is 11.4 Å². The molecule has 4 aromatic carbocycles. The van der Waals surface area contributed by atoms with Gasteiger partial charge in [-0.2, -0.15) is 26.3 Å². The zero-order valence-electron chi connectivity index (χ0n) is 22.9. The van der Waals surface area contributed by atoms with Gasteiger partial charge in [0.25, 0.3) is 0 Å². The second kappa shape index (κ2) is 12.2. The molecule has 47 heavy (non-hydrogen) atoms. The van der Waals surface area contributed by atoms with E-state index in [9.17, 15) is 52.7 Å². The maximum Gasteiger partial charge on any atom is 0.573 e. The summed E-state index contributed by atoms with van der Waals surface area (Å²) < 4.78 is 182. The van der Waals surface area contributed by atoms with Crippen molar-refractivity contribution in [3.05, 3.63) is 96.1 Å². The number of nitrogen functional groups attached to an aromatic ring is 2. The molecule has 0 aromatic heterocycles. The normalized spacial score (nSPS) is 12.9. The molecule has 0 aliphatic carbocycles. The zero-order valence-corrected chi connectivity index (χ0v) is 22.9. The van der Waals surface area contributed by atoms with Crippen LogP contribution in [-0.2, 0) is 5.41 Å². The van der Waals surface area contributed by atoms with Crippen LogP contribution in [-0.4, -0.2) is 25.1 Å². The van der Waals surface area contributed by atoms with Crippen LogP contribution in [0.5, 0.6) is 34.5 Å². The van der Waals surface area contributed by atoms with Crippen LogP contribution >= 0.6 is 0 Å². The topological polar surface area (TPSA) is 89.0 Å². The lowest BCUT2D eigenvalue weighted by Crippen LogP contribution is -2.54. The van der Waals surface area contributed by atoms with Crippen molar-refractivity contribution in [2.45, 2.75) is 30.5 Å². The van der Waals surface area contributed by atoms with Crippen molar-refractivity contribution in [2.75, 3.05) is 11.5 Å². The summed E-state index contributed by atoms with van der Waals surface area (Å²) in [6, 6.07) is 9.87. The Morgan fingerprint density at radius 2 is 0.723 bits per heavy atom. The van der Waals surface area contributed by atoms with Gasteiger partial charge in [-0.25, -0.2) is 0 Å². The summed E-state index contributed by atoms with van der Waals surface area (Å²) in [5.74, 6) is -4.01. The Balaban J connectivity index is 1.71. The summed E-state index contributed by atoms with van der Waals surface area (Å²) in [6.45, 7) is 0. The molecule has 0 fully saturated rings. The molecule has 4 N–H and O–H groups in total. The largest absolute Gasteiger partial charge is 0.573 e. The molecule has 4 rings (SSSR count). The highest BCUT2D eigenvalue weighted by Crippen LogP contribution is 2.56. The van der Waals surface area contributed by atoms with Crippen LogP contribution in [0.4, 0.5) is 64.1 Å². The molecule has 0 radical (unpaired) electrons. The van der Waals surface area contributed by atoms with Crippen molar-refractivity contribution in [2.24, 2.45) is 0 Å². The number of nitrogens with two attached hydrogens (primary N) is 2. The molecule has 0 aliphatic rings. The third-order valence-electron chi connectivity index (χ3n) is 6.27. The minimum Gasteiger partial charge on any atom is -0.453 e. The molecule has 0 heterocycles. The molecule has 0 saturated carbocycles. The number of rotatable bonds is 8. The molecule has 18 heteroatoms. The maximum absolute atomic E-state index is 14.6. The molecule has 252 valence electrons. The Bertz CT molecular complexity index is 1570. The first kappa shape index (κ1) is 34.7. The fourth-order valence-corrected chi connectivity index (χ4v) is 4.41. The third-order valence-corrected chi connectivity index (χ3v) is 6.27. The van der Waals surface area contributed by atoms with E-state index in [2.05, 4.69) is 9.47 Å². The van der Waals surface area contributed by atoms with Crippen LogP contribution in [0.15, 0.2) is 84.9 Å². The van der Waals surface area contributed by atoms with Gasteiger partial charge in [-0.15, -0.1) is 26.3 Å². The average molecular weight is 686 g/mol. The number of anilines is 2. The van der Waals surface area contributed by atoms with Gasteiger partial charge < -0.3 is 30.4 Å². The number of hydrogen-bond acceptors (Lipinski definition) is 6. The summed E-state index contributed by atoms with van der Waals surface area (Å²) in [5.41, 5.74) is 3.16. The molecular weight excluding hydrogens is 668 g/mol. The molecule has 6 nitrogen and oxygen atoms in total. The van der Waals surface area contributed by atoms with Crippen molar-refractivity contribution in [3.63, 3.8) is 0 Å². The summed E-state index contributed by atoms with van der Waals surface area (Å²) in [6.07, 6.45) is -22.5. The van der Waals surface area contributed by atoms with Gasteiger partial charge in [-0.05, 0) is 59.7 Å². The zero-order chi connectivity index (χ0) is 35.0. The molecule has 0 unspecified atom stereocenters. The first-order valence-corrected chi connectivity index (χ1v) is 12.6. The Kier molecular flexibility index (Phi) is 9.02. The summed E-state index contributed by atoms with van der Waals surface area (Å²) in [5, 5.41) is 0. The molecule has 0 saturated heterocycles. The Morgan fingerprint density at radius 3 is 1.00 bits per heavy atom. The van der Waals surface area contributed by atoms with Crippen LogP contribution < -0.4 is 30.4 Å². The molecular formula is C29H18F12N2O4. The quantitative estimate of drug-likeness (QED) is 0.142.